The van der Waals surface area contributed by atoms with E-state index >= 15 is 0 Å². The van der Waals surface area contributed by atoms with Crippen LogP contribution in [-0.2, 0) is 11.3 Å². The molecular formula is C20H32N4O2. The number of hydrogen-bond donors (Lipinski definition) is 3. The first-order chi connectivity index (χ1) is 12.7. The molecule has 0 saturated carbocycles. The molecule has 3 N–H and O–H groups in total. The first-order valence-electron chi connectivity index (χ1n) is 9.73. The fourth-order valence-electron chi connectivity index (χ4n) is 2.82. The number of hydrogen-bond acceptors (Lipinski definition) is 3. The van der Waals surface area contributed by atoms with Crippen molar-refractivity contribution in [3.8, 4) is 0 Å². The average Bonchev–Trinajstić information content (AvgIpc) is 3.18. The monoisotopic (exact) mass is 360 g/mol. The lowest BCUT2D eigenvalue weighted by Crippen LogP contribution is -2.37. The summed E-state index contributed by atoms with van der Waals surface area (Å²) in [4.78, 5) is 16.9. The van der Waals surface area contributed by atoms with Gasteiger partial charge >= 0.3 is 0 Å². The van der Waals surface area contributed by atoms with Gasteiger partial charge in [0.25, 0.3) is 5.91 Å². The van der Waals surface area contributed by atoms with Gasteiger partial charge in [0, 0.05) is 31.8 Å². The van der Waals surface area contributed by atoms with Gasteiger partial charge in [-0.05, 0) is 43.9 Å². The van der Waals surface area contributed by atoms with Crippen LogP contribution in [0.25, 0.3) is 0 Å². The highest BCUT2D eigenvalue weighted by molar-refractivity contribution is 5.94. The molecule has 1 aromatic carbocycles. The number of amides is 1. The molecule has 0 spiro atoms. The predicted molar refractivity (Wildman–Crippen MR) is 105 cm³/mol. The van der Waals surface area contributed by atoms with Crippen LogP contribution in [0, 0.1) is 0 Å². The summed E-state index contributed by atoms with van der Waals surface area (Å²) in [5, 5.41) is 9.54. The molecule has 26 heavy (non-hydrogen) atoms. The summed E-state index contributed by atoms with van der Waals surface area (Å²) >= 11 is 0. The summed E-state index contributed by atoms with van der Waals surface area (Å²) in [6, 6.07) is 7.64. The zero-order valence-corrected chi connectivity index (χ0v) is 16.0. The van der Waals surface area contributed by atoms with Crippen molar-refractivity contribution >= 4 is 11.9 Å². The smallest absolute Gasteiger partial charge is 0.251 e. The zero-order chi connectivity index (χ0) is 18.6. The quantitative estimate of drug-likeness (QED) is 0.359. The number of aliphatic imine (C=N–C) groups is 1. The lowest BCUT2D eigenvalue weighted by atomic mass is 10.1. The second-order valence-corrected chi connectivity index (χ2v) is 6.52. The second-order valence-electron chi connectivity index (χ2n) is 6.52. The molecule has 0 aromatic heterocycles. The lowest BCUT2D eigenvalue weighted by molar-refractivity contribution is 0.0857. The maximum absolute atomic E-state index is 12.3. The van der Waals surface area contributed by atoms with Crippen molar-refractivity contribution in [2.45, 2.75) is 52.2 Å². The maximum Gasteiger partial charge on any atom is 0.251 e. The largest absolute Gasteiger partial charge is 0.376 e. The van der Waals surface area contributed by atoms with Gasteiger partial charge in [-0.15, -0.1) is 0 Å². The van der Waals surface area contributed by atoms with E-state index in [4.69, 9.17) is 4.74 Å². The highest BCUT2D eigenvalue weighted by Gasteiger charge is 2.16. The van der Waals surface area contributed by atoms with Crippen LogP contribution in [0.15, 0.2) is 29.3 Å². The molecule has 144 valence electrons. The third-order valence-corrected chi connectivity index (χ3v) is 4.29. The molecular weight excluding hydrogens is 328 g/mol. The van der Waals surface area contributed by atoms with Gasteiger partial charge in [0.2, 0.25) is 0 Å². The molecule has 1 fully saturated rings. The molecule has 1 heterocycles. The van der Waals surface area contributed by atoms with Crippen molar-refractivity contribution in [2.24, 2.45) is 4.99 Å². The Balaban J connectivity index is 1.89. The lowest BCUT2D eigenvalue weighted by Gasteiger charge is -2.12. The molecule has 1 aliphatic rings. The van der Waals surface area contributed by atoms with E-state index in [0.29, 0.717) is 18.7 Å². The van der Waals surface area contributed by atoms with Gasteiger partial charge in [-0.1, -0.05) is 25.5 Å². The van der Waals surface area contributed by atoms with Crippen molar-refractivity contribution in [2.75, 3.05) is 26.2 Å². The maximum atomic E-state index is 12.3. The van der Waals surface area contributed by atoms with Crippen molar-refractivity contribution < 1.29 is 9.53 Å². The standard InChI is InChI=1S/C20H32N4O2/c1-3-5-11-22-20(21-4-2)24-14-16-8-6-9-17(13-16)19(25)23-15-18-10-7-12-26-18/h6,8-9,13,18H,3-5,7,10-12,14-15H2,1-2H3,(H,23,25)(H2,21,22,24). The molecule has 0 bridgehead atoms. The van der Waals surface area contributed by atoms with Gasteiger partial charge in [0.15, 0.2) is 5.96 Å². The first-order valence-corrected chi connectivity index (χ1v) is 9.73. The Morgan fingerprint density at radius 1 is 1.27 bits per heavy atom. The highest BCUT2D eigenvalue weighted by Crippen LogP contribution is 2.11. The number of carbonyl (C=O) groups excluding carboxylic acids is 1. The SMILES string of the molecule is CCCCNC(=NCc1cccc(C(=O)NCC2CCCO2)c1)NCC. The van der Waals surface area contributed by atoms with Crippen LogP contribution in [0.2, 0.25) is 0 Å². The zero-order valence-electron chi connectivity index (χ0n) is 16.0. The summed E-state index contributed by atoms with van der Waals surface area (Å²) in [5.41, 5.74) is 1.68. The van der Waals surface area contributed by atoms with Crippen molar-refractivity contribution in [1.82, 2.24) is 16.0 Å². The van der Waals surface area contributed by atoms with Gasteiger partial charge in [-0.25, -0.2) is 4.99 Å². The second kappa shape index (κ2) is 11.5. The molecule has 0 radical (unpaired) electrons. The third kappa shape index (κ3) is 7.04. The highest BCUT2D eigenvalue weighted by atomic mass is 16.5. The van der Waals surface area contributed by atoms with Crippen LogP contribution in [0.4, 0.5) is 0 Å². The summed E-state index contributed by atoms with van der Waals surface area (Å²) < 4.78 is 5.54. The number of benzene rings is 1. The molecule has 6 nitrogen and oxygen atoms in total. The number of unbranched alkanes of at least 4 members (excludes halogenated alkanes) is 1. The Morgan fingerprint density at radius 2 is 2.15 bits per heavy atom. The molecule has 1 amide bonds. The van der Waals surface area contributed by atoms with Crippen LogP contribution in [0.3, 0.4) is 0 Å². The van der Waals surface area contributed by atoms with E-state index in [2.05, 4.69) is 34.8 Å². The molecule has 6 heteroatoms. The number of guanidine groups is 1. The van der Waals surface area contributed by atoms with Gasteiger partial charge in [0.1, 0.15) is 0 Å². The molecule has 2 rings (SSSR count). The van der Waals surface area contributed by atoms with E-state index in [-0.39, 0.29) is 12.0 Å². The van der Waals surface area contributed by atoms with E-state index in [1.165, 1.54) is 0 Å². The topological polar surface area (TPSA) is 74.8 Å². The molecule has 1 saturated heterocycles. The van der Waals surface area contributed by atoms with E-state index in [1.807, 2.05) is 24.3 Å². The molecule has 1 unspecified atom stereocenters. The molecule has 1 aliphatic heterocycles. The Hall–Kier alpha value is -2.08. The molecule has 1 atom stereocenters. The van der Waals surface area contributed by atoms with Crippen molar-refractivity contribution in [3.05, 3.63) is 35.4 Å². The normalized spacial score (nSPS) is 17.2. The number of ether oxygens (including phenoxy) is 1. The number of nitrogens with zero attached hydrogens (tertiary/aromatic N) is 1. The fraction of sp³-hybridized carbons (Fsp3) is 0.600. The van der Waals surface area contributed by atoms with Crippen LogP contribution in [-0.4, -0.2) is 44.2 Å². The van der Waals surface area contributed by atoms with Crippen LogP contribution >= 0.6 is 0 Å². The van der Waals surface area contributed by atoms with E-state index < -0.39 is 0 Å². The van der Waals surface area contributed by atoms with Crippen LogP contribution in [0.1, 0.15) is 55.5 Å². The van der Waals surface area contributed by atoms with E-state index in [9.17, 15) is 4.79 Å². The number of nitrogens with one attached hydrogen (secondary N) is 3. The summed E-state index contributed by atoms with van der Waals surface area (Å²) in [6.07, 6.45) is 4.52. The summed E-state index contributed by atoms with van der Waals surface area (Å²) in [6.45, 7) is 7.87. The van der Waals surface area contributed by atoms with Gasteiger partial charge in [0.05, 0.1) is 12.6 Å². The number of carbonyl (C=O) groups is 1. The van der Waals surface area contributed by atoms with Gasteiger partial charge < -0.3 is 20.7 Å². The first kappa shape index (κ1) is 20.2. The van der Waals surface area contributed by atoms with E-state index in [0.717, 1.165) is 56.9 Å². The van der Waals surface area contributed by atoms with Gasteiger partial charge in [-0.3, -0.25) is 4.79 Å². The minimum absolute atomic E-state index is 0.0562. The van der Waals surface area contributed by atoms with Crippen molar-refractivity contribution in [3.63, 3.8) is 0 Å². The van der Waals surface area contributed by atoms with Crippen LogP contribution in [0.5, 0.6) is 0 Å². The van der Waals surface area contributed by atoms with Gasteiger partial charge in [-0.2, -0.15) is 0 Å². The third-order valence-electron chi connectivity index (χ3n) is 4.29. The fourth-order valence-corrected chi connectivity index (χ4v) is 2.82. The summed E-state index contributed by atoms with van der Waals surface area (Å²) in [5.74, 6) is 0.758. The molecule has 1 aromatic rings. The Bertz CT molecular complexity index is 583. The Labute approximate surface area is 156 Å². The molecule has 0 aliphatic carbocycles. The van der Waals surface area contributed by atoms with E-state index in [1.54, 1.807) is 0 Å². The summed E-state index contributed by atoms with van der Waals surface area (Å²) in [7, 11) is 0. The van der Waals surface area contributed by atoms with Crippen molar-refractivity contribution in [1.29, 1.82) is 0 Å². The Kier molecular flexibility index (Phi) is 8.96. The minimum atomic E-state index is -0.0562. The van der Waals surface area contributed by atoms with Crippen LogP contribution < -0.4 is 16.0 Å². The number of rotatable bonds is 9. The average molecular weight is 361 g/mol. The minimum Gasteiger partial charge on any atom is -0.376 e. The Morgan fingerprint density at radius 3 is 2.88 bits per heavy atom. The predicted octanol–water partition coefficient (Wildman–Crippen LogP) is 2.45.